The molecule has 16 N–H and O–H groups in total. The zero-order valence-electron chi connectivity index (χ0n) is 41.9. The highest BCUT2D eigenvalue weighted by atomic mass is 16.7. The lowest BCUT2D eigenvalue weighted by atomic mass is 9.87. The van der Waals surface area contributed by atoms with Crippen molar-refractivity contribution in [2.45, 2.75) is 189 Å². The zero-order valence-corrected chi connectivity index (χ0v) is 41.9. The van der Waals surface area contributed by atoms with Crippen LogP contribution in [0.5, 0.6) is 0 Å². The standard InChI is InChI=1S/C51H81N3O19/c1-29-17-15-13-11-9-7-5-6-8-10-12-14-16-18-36(72-49-48(67)44(52)47(66)32(4)71-49)24-42-45(54-50(68)53-27-40(62)41(63)28-55)39(61)26-51(69,73-42)25-35(58)22-38(60)37(59)20-19-33(56)21-34(57)23-43(64)70-31(3)30(2)46(29)65/h5-18,29-39,41-42,44-49,55-61,63,65-67,69H,19-28,52H2,1-4H3,(H2,53,54,68)/b6-5+,9-7+,10-8+,13-11+,14-12+,17-15+,18-16+/t29-,30-,31-,32+,33+,34+,35-,36-,37+,38+,39-,41+,42-,44-,45+,46+,47+,48-,49-,51+/m0/s1. The maximum Gasteiger partial charge on any atom is 0.315 e. The van der Waals surface area contributed by atoms with Crippen LogP contribution in [0, 0.1) is 11.8 Å². The smallest absolute Gasteiger partial charge is 0.315 e. The molecule has 0 radical (unpaired) electrons. The second-order valence-electron chi connectivity index (χ2n) is 19.2. The monoisotopic (exact) mass is 1040 g/mol. The van der Waals surface area contributed by atoms with Gasteiger partial charge in [-0.05, 0) is 33.1 Å². The summed E-state index contributed by atoms with van der Waals surface area (Å²) in [6.45, 7) is 5.10. The fourth-order valence-corrected chi connectivity index (χ4v) is 8.42. The summed E-state index contributed by atoms with van der Waals surface area (Å²) < 4.78 is 23.6. The number of fused-ring (bicyclic) bond motifs is 2. The molecule has 73 heavy (non-hydrogen) atoms. The SMILES string of the molecule is C[C@@H]1[C@H](O)[C@@H](C)/C=C/C=C/C=C/C=C/C=C/C=C/C=C/[C@H](O[C@@H]2O[C@H](C)[C@@H](O)[C@H](N)[C@@H]2O)C[C@@H]2O[C@](O)(C[C@@H](O)C[C@@H](O)[C@H](O)CC[C@@H](O)C[C@@H](O)CC(=O)O[C@H]1C)C[C@H](O)[C@H]2NC(=O)NCC(=O)[C@H](O)CO. The Hall–Kier alpha value is -4.05. The van der Waals surface area contributed by atoms with Crippen molar-refractivity contribution in [3.63, 3.8) is 0 Å². The number of rotatable bonds is 7. The third-order valence-corrected chi connectivity index (χ3v) is 13.0. The number of nitrogens with one attached hydrogen (secondary N) is 2. The maximum absolute atomic E-state index is 13.1. The average Bonchev–Trinajstić information content (AvgIpc) is 3.32. The summed E-state index contributed by atoms with van der Waals surface area (Å²) in [5, 5.41) is 133. The number of esters is 1. The van der Waals surface area contributed by atoms with Gasteiger partial charge in [0.1, 0.15) is 18.3 Å². The Balaban J connectivity index is 1.94. The van der Waals surface area contributed by atoms with Crippen molar-refractivity contribution in [1.29, 1.82) is 0 Å². The molecule has 0 saturated carbocycles. The number of cyclic esters (lactones) is 1. The molecule has 3 aliphatic rings. The maximum atomic E-state index is 13.1. The van der Waals surface area contributed by atoms with E-state index in [1.54, 1.807) is 86.8 Å². The summed E-state index contributed by atoms with van der Waals surface area (Å²) in [5.74, 6) is -4.80. The van der Waals surface area contributed by atoms with Gasteiger partial charge in [-0.1, -0.05) is 98.9 Å². The molecule has 0 aromatic carbocycles. The van der Waals surface area contributed by atoms with Gasteiger partial charge in [-0.3, -0.25) is 9.59 Å². The summed E-state index contributed by atoms with van der Waals surface area (Å²) in [6.07, 6.45) is 1.15. The van der Waals surface area contributed by atoms with Gasteiger partial charge in [-0.15, -0.1) is 0 Å². The number of hydrogen-bond acceptors (Lipinski definition) is 20. The molecule has 2 saturated heterocycles. The molecule has 3 heterocycles. The Morgan fingerprint density at radius 2 is 1.32 bits per heavy atom. The molecule has 0 aromatic heterocycles. The third kappa shape index (κ3) is 22.0. The second kappa shape index (κ2) is 31.7. The molecule has 2 bridgehead atoms. The average molecular weight is 1040 g/mol. The van der Waals surface area contributed by atoms with E-state index in [2.05, 4.69) is 10.6 Å². The summed E-state index contributed by atoms with van der Waals surface area (Å²) in [6, 6.07) is -3.58. The first kappa shape index (κ1) is 63.2. The number of carbonyl (C=O) groups excluding carboxylic acids is 3. The highest BCUT2D eigenvalue weighted by Crippen LogP contribution is 2.35. The number of ketones is 1. The molecule has 0 unspecified atom stereocenters. The van der Waals surface area contributed by atoms with Crippen LogP contribution in [0.1, 0.15) is 79.1 Å². The van der Waals surface area contributed by atoms with E-state index in [-0.39, 0.29) is 31.6 Å². The van der Waals surface area contributed by atoms with E-state index in [1.165, 1.54) is 13.0 Å². The zero-order chi connectivity index (χ0) is 54.4. The Labute approximate surface area is 426 Å². The fraction of sp³-hybridized carbons (Fsp3) is 0.667. The lowest BCUT2D eigenvalue weighted by Crippen LogP contribution is -2.64. The summed E-state index contributed by atoms with van der Waals surface area (Å²) in [7, 11) is 0. The van der Waals surface area contributed by atoms with Crippen LogP contribution in [0.3, 0.4) is 0 Å². The number of Topliss-reactive ketones (excluding diaryl/α,β-unsaturated/α-hetero) is 1. The summed E-state index contributed by atoms with van der Waals surface area (Å²) >= 11 is 0. The van der Waals surface area contributed by atoms with Gasteiger partial charge in [-0.25, -0.2) is 4.79 Å². The highest BCUT2D eigenvalue weighted by Gasteiger charge is 2.49. The minimum absolute atomic E-state index is 0.133. The molecule has 3 rings (SSSR count). The van der Waals surface area contributed by atoms with Crippen molar-refractivity contribution in [3.05, 3.63) is 85.1 Å². The van der Waals surface area contributed by atoms with Crippen LogP contribution >= 0.6 is 0 Å². The molecule has 22 heteroatoms. The first-order chi connectivity index (χ1) is 34.4. The Bertz CT molecular complexity index is 1900. The van der Waals surface area contributed by atoms with Crippen molar-refractivity contribution in [2.24, 2.45) is 17.6 Å². The van der Waals surface area contributed by atoms with Gasteiger partial charge in [0, 0.05) is 37.5 Å². The molecular weight excluding hydrogens is 959 g/mol. The normalized spacial score (nSPS) is 42.1. The number of ether oxygens (including phenoxy) is 4. The third-order valence-electron chi connectivity index (χ3n) is 13.0. The van der Waals surface area contributed by atoms with E-state index in [9.17, 15) is 70.6 Å². The van der Waals surface area contributed by atoms with E-state index >= 15 is 0 Å². The predicted octanol–water partition coefficient (Wildman–Crippen LogP) is -1.40. The molecule has 3 aliphatic heterocycles. The Kier molecular flexibility index (Phi) is 27.5. The van der Waals surface area contributed by atoms with Gasteiger partial charge in [0.15, 0.2) is 17.9 Å². The van der Waals surface area contributed by atoms with Crippen LogP contribution in [0.25, 0.3) is 0 Å². The van der Waals surface area contributed by atoms with Gasteiger partial charge in [0.05, 0.1) is 98.8 Å². The summed E-state index contributed by atoms with van der Waals surface area (Å²) in [4.78, 5) is 37.9. The van der Waals surface area contributed by atoms with Crippen LogP contribution in [-0.4, -0.2) is 202 Å². The van der Waals surface area contributed by atoms with E-state index in [0.29, 0.717) is 0 Å². The van der Waals surface area contributed by atoms with Crippen LogP contribution in [-0.2, 0) is 28.5 Å². The van der Waals surface area contributed by atoms with Gasteiger partial charge in [0.25, 0.3) is 0 Å². The van der Waals surface area contributed by atoms with Crippen molar-refractivity contribution < 1.29 is 94.6 Å². The second-order valence-corrected chi connectivity index (χ2v) is 19.2. The van der Waals surface area contributed by atoms with Crippen molar-refractivity contribution in [2.75, 3.05) is 13.2 Å². The van der Waals surface area contributed by atoms with Crippen molar-refractivity contribution in [1.82, 2.24) is 10.6 Å². The molecule has 0 aromatic rings. The topological polar surface area (TPSA) is 381 Å². The van der Waals surface area contributed by atoms with Crippen LogP contribution in [0.2, 0.25) is 0 Å². The minimum atomic E-state index is -2.36. The van der Waals surface area contributed by atoms with Crippen LogP contribution in [0.15, 0.2) is 85.1 Å². The van der Waals surface area contributed by atoms with Gasteiger partial charge in [0.2, 0.25) is 0 Å². The molecule has 20 atom stereocenters. The van der Waals surface area contributed by atoms with Crippen LogP contribution < -0.4 is 16.4 Å². The molecule has 0 aliphatic carbocycles. The number of carbonyl (C=O) groups is 3. The molecule has 414 valence electrons. The molecule has 22 nitrogen and oxygen atoms in total. The van der Waals surface area contributed by atoms with Crippen LogP contribution in [0.4, 0.5) is 4.79 Å². The predicted molar refractivity (Wildman–Crippen MR) is 264 cm³/mol. The molecule has 2 amide bonds. The molecular formula is C51H81N3O19. The van der Waals surface area contributed by atoms with Gasteiger partial charge in [-0.2, -0.15) is 0 Å². The number of urea groups is 1. The van der Waals surface area contributed by atoms with E-state index in [4.69, 9.17) is 29.8 Å². The van der Waals surface area contributed by atoms with Crippen molar-refractivity contribution in [3.8, 4) is 0 Å². The number of aliphatic hydroxyl groups excluding tert-OH is 11. The summed E-state index contributed by atoms with van der Waals surface area (Å²) in [5.41, 5.74) is 6.08. The highest BCUT2D eigenvalue weighted by molar-refractivity contribution is 5.88. The van der Waals surface area contributed by atoms with E-state index in [1.807, 2.05) is 13.0 Å². The Morgan fingerprint density at radius 3 is 1.92 bits per heavy atom. The molecule has 2 fully saturated rings. The number of amides is 2. The largest absolute Gasteiger partial charge is 0.462 e. The lowest BCUT2D eigenvalue weighted by molar-refractivity contribution is -0.303. The number of allylic oxidation sites excluding steroid dienone is 12. The number of aliphatic hydroxyl groups is 12. The van der Waals surface area contributed by atoms with E-state index < -0.39 is 172 Å². The Morgan fingerprint density at radius 1 is 0.726 bits per heavy atom. The minimum Gasteiger partial charge on any atom is -0.462 e. The number of hydrogen-bond donors (Lipinski definition) is 15. The van der Waals surface area contributed by atoms with Crippen molar-refractivity contribution >= 4 is 17.8 Å². The van der Waals surface area contributed by atoms with Gasteiger partial charge >= 0.3 is 12.0 Å². The first-order valence-electron chi connectivity index (χ1n) is 24.8. The fourth-order valence-electron chi connectivity index (χ4n) is 8.42. The first-order valence-corrected chi connectivity index (χ1v) is 24.8. The van der Waals surface area contributed by atoms with E-state index in [0.717, 1.165) is 0 Å². The van der Waals surface area contributed by atoms with Gasteiger partial charge < -0.3 is 96.6 Å². The molecule has 0 spiro atoms. The lowest BCUT2D eigenvalue weighted by Gasteiger charge is -2.46. The number of nitrogens with two attached hydrogens (primary N) is 1. The quantitative estimate of drug-likeness (QED) is 0.130.